The normalized spacial score (nSPS) is 22.1. The van der Waals surface area contributed by atoms with Gasteiger partial charge in [-0.05, 0) is 71.0 Å². The maximum absolute atomic E-state index is 12.1. The number of rotatable bonds is 4. The topological polar surface area (TPSA) is 61.4 Å². The van der Waals surface area contributed by atoms with Crippen LogP contribution in [0.4, 0.5) is 5.82 Å². The number of aryl methyl sites for hydroxylation is 1. The minimum Gasteiger partial charge on any atom is -0.356 e. The molecule has 1 amide bonds. The Balaban J connectivity index is 1.40. The molecule has 0 saturated carbocycles. The lowest BCUT2D eigenvalue weighted by molar-refractivity contribution is 0.0940. The number of fused-ring (bicyclic) bond motifs is 1. The van der Waals surface area contributed by atoms with Gasteiger partial charge in [0.25, 0.3) is 5.91 Å². The molecule has 2 fully saturated rings. The zero-order valence-electron chi connectivity index (χ0n) is 15.3. The molecule has 0 radical (unpaired) electrons. The monoisotopic (exact) mass is 343 g/mol. The molecule has 6 nitrogen and oxygen atoms in total. The average molecular weight is 343 g/mol. The van der Waals surface area contributed by atoms with Crippen LogP contribution in [0.15, 0.2) is 0 Å². The first-order valence-corrected chi connectivity index (χ1v) is 9.84. The molecule has 0 unspecified atom stereocenters. The van der Waals surface area contributed by atoms with E-state index in [1.807, 2.05) is 6.92 Å². The molecule has 6 heteroatoms. The van der Waals surface area contributed by atoms with Gasteiger partial charge in [0.05, 0.1) is 0 Å². The second kappa shape index (κ2) is 7.28. The number of piperidine rings is 1. The first-order chi connectivity index (χ1) is 12.2. The Morgan fingerprint density at radius 2 is 1.88 bits per heavy atom. The molecule has 2 saturated heterocycles. The largest absolute Gasteiger partial charge is 0.356 e. The van der Waals surface area contributed by atoms with Crippen molar-refractivity contribution in [2.45, 2.75) is 45.4 Å². The number of carbonyl (C=O) groups is 1. The van der Waals surface area contributed by atoms with Gasteiger partial charge in [-0.2, -0.15) is 0 Å². The summed E-state index contributed by atoms with van der Waals surface area (Å²) < 4.78 is 0. The van der Waals surface area contributed by atoms with E-state index in [-0.39, 0.29) is 5.91 Å². The molecule has 0 spiro atoms. The zero-order chi connectivity index (χ0) is 17.2. The van der Waals surface area contributed by atoms with E-state index in [4.69, 9.17) is 4.98 Å². The molecule has 0 bridgehead atoms. The van der Waals surface area contributed by atoms with Gasteiger partial charge in [-0.15, -0.1) is 0 Å². The fraction of sp³-hybridized carbons (Fsp3) is 0.737. The van der Waals surface area contributed by atoms with Gasteiger partial charge >= 0.3 is 0 Å². The summed E-state index contributed by atoms with van der Waals surface area (Å²) in [6.07, 6.45) is 7.40. The molecule has 1 N–H and O–H groups in total. The molecule has 1 aromatic heterocycles. The quantitative estimate of drug-likeness (QED) is 0.903. The Morgan fingerprint density at radius 3 is 2.64 bits per heavy atom. The van der Waals surface area contributed by atoms with Crippen LogP contribution in [0.1, 0.15) is 54.0 Å². The number of likely N-dealkylation sites (tertiary alicyclic amines) is 1. The van der Waals surface area contributed by atoms with Crippen molar-refractivity contribution < 1.29 is 4.79 Å². The molecule has 0 aliphatic carbocycles. The summed E-state index contributed by atoms with van der Waals surface area (Å²) in [5.41, 5.74) is 1.63. The van der Waals surface area contributed by atoms with Gasteiger partial charge in [-0.3, -0.25) is 4.79 Å². The van der Waals surface area contributed by atoms with Crippen molar-refractivity contribution in [1.29, 1.82) is 0 Å². The van der Waals surface area contributed by atoms with Crippen LogP contribution in [0.2, 0.25) is 0 Å². The highest BCUT2D eigenvalue weighted by Crippen LogP contribution is 2.29. The fourth-order valence-corrected chi connectivity index (χ4v) is 4.45. The highest BCUT2D eigenvalue weighted by molar-refractivity contribution is 5.96. The number of hydrogen-bond donors (Lipinski definition) is 1. The second-order valence-corrected chi connectivity index (χ2v) is 7.70. The van der Waals surface area contributed by atoms with Gasteiger partial charge in [0.2, 0.25) is 0 Å². The summed E-state index contributed by atoms with van der Waals surface area (Å²) in [6, 6.07) is 0. The molecule has 4 rings (SSSR count). The van der Waals surface area contributed by atoms with E-state index in [2.05, 4.69) is 20.1 Å². The number of anilines is 1. The Kier molecular flexibility index (Phi) is 4.88. The number of nitrogens with one attached hydrogen (secondary N) is 1. The van der Waals surface area contributed by atoms with E-state index in [1.54, 1.807) is 0 Å². The SMILES string of the molecule is Cc1nc2c(c(N3CCC(CCN4CCCC4)CC3)n1)CCNC2=O. The number of carbonyl (C=O) groups excluding carboxylic acids is 1. The van der Waals surface area contributed by atoms with Crippen molar-refractivity contribution in [2.75, 3.05) is 44.2 Å². The summed E-state index contributed by atoms with van der Waals surface area (Å²) in [5, 5.41) is 2.89. The zero-order valence-corrected chi connectivity index (χ0v) is 15.3. The van der Waals surface area contributed by atoms with Crippen LogP contribution in [0.3, 0.4) is 0 Å². The molecule has 1 aromatic rings. The lowest BCUT2D eigenvalue weighted by Crippen LogP contribution is -2.39. The van der Waals surface area contributed by atoms with Crippen molar-refractivity contribution in [3.63, 3.8) is 0 Å². The second-order valence-electron chi connectivity index (χ2n) is 7.70. The van der Waals surface area contributed by atoms with Crippen molar-refractivity contribution in [3.05, 3.63) is 17.1 Å². The molecular formula is C19H29N5O. The maximum atomic E-state index is 12.1. The van der Waals surface area contributed by atoms with E-state index in [0.717, 1.165) is 36.8 Å². The third-order valence-corrected chi connectivity index (χ3v) is 5.94. The first-order valence-electron chi connectivity index (χ1n) is 9.84. The molecule has 4 heterocycles. The number of aromatic nitrogens is 2. The standard InChI is InChI=1S/C19H29N5O/c1-14-21-17-16(4-8-20-19(17)25)18(22-14)24-12-6-15(7-13-24)5-11-23-9-2-3-10-23/h15H,2-13H2,1H3,(H,20,25). The van der Waals surface area contributed by atoms with Crippen molar-refractivity contribution in [1.82, 2.24) is 20.2 Å². The first kappa shape index (κ1) is 16.8. The van der Waals surface area contributed by atoms with Gasteiger partial charge in [-0.25, -0.2) is 9.97 Å². The van der Waals surface area contributed by atoms with E-state index in [0.29, 0.717) is 18.1 Å². The summed E-state index contributed by atoms with van der Waals surface area (Å²) in [4.78, 5) is 26.2. The maximum Gasteiger partial charge on any atom is 0.270 e. The molecule has 0 atom stereocenters. The van der Waals surface area contributed by atoms with Gasteiger partial charge in [0, 0.05) is 25.2 Å². The van der Waals surface area contributed by atoms with E-state index in [9.17, 15) is 4.79 Å². The third kappa shape index (κ3) is 3.64. The Morgan fingerprint density at radius 1 is 1.12 bits per heavy atom. The van der Waals surface area contributed by atoms with Crippen LogP contribution < -0.4 is 10.2 Å². The van der Waals surface area contributed by atoms with Gasteiger partial charge in [0.1, 0.15) is 17.3 Å². The highest BCUT2D eigenvalue weighted by atomic mass is 16.1. The lowest BCUT2D eigenvalue weighted by atomic mass is 9.93. The predicted octanol–water partition coefficient (Wildman–Crippen LogP) is 1.77. The summed E-state index contributed by atoms with van der Waals surface area (Å²) in [7, 11) is 0. The van der Waals surface area contributed by atoms with E-state index >= 15 is 0 Å². The highest BCUT2D eigenvalue weighted by Gasteiger charge is 2.28. The Hall–Kier alpha value is -1.69. The summed E-state index contributed by atoms with van der Waals surface area (Å²) in [5.74, 6) is 2.49. The average Bonchev–Trinajstić information content (AvgIpc) is 3.14. The van der Waals surface area contributed by atoms with Crippen LogP contribution in [-0.2, 0) is 6.42 Å². The summed E-state index contributed by atoms with van der Waals surface area (Å²) in [6.45, 7) is 8.55. The van der Waals surface area contributed by atoms with Crippen LogP contribution in [0.5, 0.6) is 0 Å². The molecular weight excluding hydrogens is 314 g/mol. The molecule has 3 aliphatic heterocycles. The Bertz CT molecular complexity index is 633. The number of hydrogen-bond acceptors (Lipinski definition) is 5. The van der Waals surface area contributed by atoms with Gasteiger partial charge < -0.3 is 15.1 Å². The third-order valence-electron chi connectivity index (χ3n) is 5.94. The minimum absolute atomic E-state index is 0.0477. The lowest BCUT2D eigenvalue weighted by Gasteiger charge is -2.35. The van der Waals surface area contributed by atoms with Crippen molar-refractivity contribution >= 4 is 11.7 Å². The van der Waals surface area contributed by atoms with E-state index < -0.39 is 0 Å². The van der Waals surface area contributed by atoms with Crippen LogP contribution >= 0.6 is 0 Å². The van der Waals surface area contributed by atoms with Crippen molar-refractivity contribution in [2.24, 2.45) is 5.92 Å². The minimum atomic E-state index is -0.0477. The molecule has 3 aliphatic rings. The van der Waals surface area contributed by atoms with Crippen LogP contribution in [0, 0.1) is 12.8 Å². The smallest absolute Gasteiger partial charge is 0.270 e. The number of amides is 1. The number of nitrogens with zero attached hydrogens (tertiary/aromatic N) is 4. The fourth-order valence-electron chi connectivity index (χ4n) is 4.45. The molecule has 0 aromatic carbocycles. The Labute approximate surface area is 150 Å². The van der Waals surface area contributed by atoms with Crippen molar-refractivity contribution in [3.8, 4) is 0 Å². The van der Waals surface area contributed by atoms with E-state index in [1.165, 1.54) is 51.7 Å². The van der Waals surface area contributed by atoms with Crippen LogP contribution in [-0.4, -0.2) is 60.0 Å². The predicted molar refractivity (Wildman–Crippen MR) is 98.0 cm³/mol. The van der Waals surface area contributed by atoms with Gasteiger partial charge in [0.15, 0.2) is 0 Å². The molecule has 25 heavy (non-hydrogen) atoms. The van der Waals surface area contributed by atoms with Gasteiger partial charge in [-0.1, -0.05) is 0 Å². The molecule has 136 valence electrons. The summed E-state index contributed by atoms with van der Waals surface area (Å²) >= 11 is 0. The van der Waals surface area contributed by atoms with Crippen LogP contribution in [0.25, 0.3) is 0 Å².